The summed E-state index contributed by atoms with van der Waals surface area (Å²) < 4.78 is 18.3. The molecule has 4 rings (SSSR count). The third kappa shape index (κ3) is 4.92. The van der Waals surface area contributed by atoms with Crippen molar-refractivity contribution in [3.05, 3.63) is 93.4 Å². The molecule has 6 nitrogen and oxygen atoms in total. The van der Waals surface area contributed by atoms with Crippen molar-refractivity contribution in [2.45, 2.75) is 39.3 Å². The SMILES string of the molecule is CCC1=C(C(=O)OC)[C@@H](c2cccc(C)c2)N2C(CC(=O)NCc3ccc(F)cc3)=CSC2=N1. The number of amidine groups is 1. The molecular formula is C26H26FN3O3S. The minimum absolute atomic E-state index is 0.117. The number of carbonyl (C=O) groups excluding carboxylic acids is 2. The number of nitrogens with one attached hydrogen (secondary N) is 1. The van der Waals surface area contributed by atoms with Gasteiger partial charge in [0.05, 0.1) is 30.8 Å². The maximum Gasteiger partial charge on any atom is 0.338 e. The van der Waals surface area contributed by atoms with Crippen molar-refractivity contribution in [1.82, 2.24) is 10.2 Å². The highest BCUT2D eigenvalue weighted by molar-refractivity contribution is 8.16. The van der Waals surface area contributed by atoms with Gasteiger partial charge in [-0.1, -0.05) is 60.6 Å². The van der Waals surface area contributed by atoms with Crippen LogP contribution in [0.15, 0.2) is 75.9 Å². The number of aryl methyl sites for hydroxylation is 1. The summed E-state index contributed by atoms with van der Waals surface area (Å²) in [6, 6.07) is 13.6. The van der Waals surface area contributed by atoms with Gasteiger partial charge in [-0.3, -0.25) is 4.79 Å². The predicted octanol–water partition coefficient (Wildman–Crippen LogP) is 4.98. The number of thioether (sulfide) groups is 1. The van der Waals surface area contributed by atoms with Gasteiger partial charge in [0.25, 0.3) is 0 Å². The van der Waals surface area contributed by atoms with Gasteiger partial charge in [-0.2, -0.15) is 0 Å². The van der Waals surface area contributed by atoms with Crippen molar-refractivity contribution in [2.24, 2.45) is 4.99 Å². The van der Waals surface area contributed by atoms with E-state index in [0.29, 0.717) is 24.2 Å². The van der Waals surface area contributed by atoms with Crippen LogP contribution >= 0.6 is 11.8 Å². The lowest BCUT2D eigenvalue weighted by atomic mass is 9.92. The van der Waals surface area contributed by atoms with Crippen molar-refractivity contribution in [1.29, 1.82) is 0 Å². The Bertz CT molecular complexity index is 1200. The Morgan fingerprint density at radius 1 is 1.21 bits per heavy atom. The molecule has 8 heteroatoms. The number of hydrogen-bond donors (Lipinski definition) is 1. The molecule has 0 spiro atoms. The average molecular weight is 480 g/mol. The largest absolute Gasteiger partial charge is 0.466 e. The smallest absolute Gasteiger partial charge is 0.338 e. The molecule has 0 aromatic heterocycles. The Kier molecular flexibility index (Phi) is 7.17. The van der Waals surface area contributed by atoms with Crippen molar-refractivity contribution in [3.8, 4) is 0 Å². The van der Waals surface area contributed by atoms with Gasteiger partial charge in [-0.25, -0.2) is 14.2 Å². The first-order valence-electron chi connectivity index (χ1n) is 11.0. The van der Waals surface area contributed by atoms with E-state index in [1.165, 1.54) is 31.0 Å². The molecule has 2 heterocycles. The van der Waals surface area contributed by atoms with Crippen molar-refractivity contribution in [2.75, 3.05) is 7.11 Å². The summed E-state index contributed by atoms with van der Waals surface area (Å²) >= 11 is 1.44. The summed E-state index contributed by atoms with van der Waals surface area (Å²) in [5.41, 5.74) is 4.73. The van der Waals surface area contributed by atoms with Crippen LogP contribution in [0.3, 0.4) is 0 Å². The highest BCUT2D eigenvalue weighted by Gasteiger charge is 2.41. The number of esters is 1. The highest BCUT2D eigenvalue weighted by Crippen LogP contribution is 2.45. The number of allylic oxidation sites excluding steroid dienone is 1. The quantitative estimate of drug-likeness (QED) is 0.568. The topological polar surface area (TPSA) is 71.0 Å². The number of nitrogens with zero attached hydrogens (tertiary/aromatic N) is 2. The van der Waals surface area contributed by atoms with Crippen LogP contribution in [0.1, 0.15) is 42.5 Å². The number of methoxy groups -OCH3 is 1. The molecule has 1 N–H and O–H groups in total. The molecule has 0 bridgehead atoms. The number of amides is 1. The summed E-state index contributed by atoms with van der Waals surface area (Å²) in [6.45, 7) is 4.26. The molecule has 1 atom stereocenters. The number of aliphatic imine (C=N–C) groups is 1. The van der Waals surface area contributed by atoms with Crippen LogP contribution in [0, 0.1) is 12.7 Å². The molecule has 34 heavy (non-hydrogen) atoms. The molecule has 2 aliphatic rings. The highest BCUT2D eigenvalue weighted by atomic mass is 32.2. The van der Waals surface area contributed by atoms with E-state index in [0.717, 1.165) is 27.6 Å². The molecule has 0 saturated carbocycles. The zero-order valence-electron chi connectivity index (χ0n) is 19.3. The van der Waals surface area contributed by atoms with E-state index in [1.54, 1.807) is 12.1 Å². The second kappa shape index (κ2) is 10.3. The van der Waals surface area contributed by atoms with E-state index < -0.39 is 12.0 Å². The van der Waals surface area contributed by atoms with E-state index in [9.17, 15) is 14.0 Å². The van der Waals surface area contributed by atoms with E-state index in [-0.39, 0.29) is 18.1 Å². The van der Waals surface area contributed by atoms with Gasteiger partial charge in [0, 0.05) is 12.2 Å². The second-order valence-electron chi connectivity index (χ2n) is 8.09. The van der Waals surface area contributed by atoms with E-state index in [2.05, 4.69) is 5.32 Å². The van der Waals surface area contributed by atoms with Crippen LogP contribution in [-0.2, 0) is 20.9 Å². The number of fused-ring (bicyclic) bond motifs is 1. The van der Waals surface area contributed by atoms with E-state index in [1.807, 2.05) is 48.4 Å². The fraction of sp³-hybridized carbons (Fsp3) is 0.269. The Morgan fingerprint density at radius 3 is 2.65 bits per heavy atom. The minimum atomic E-state index is -0.444. The van der Waals surface area contributed by atoms with Crippen molar-refractivity contribution in [3.63, 3.8) is 0 Å². The Hall–Kier alpha value is -3.39. The molecular weight excluding hydrogens is 453 g/mol. The van der Waals surface area contributed by atoms with E-state index in [4.69, 9.17) is 9.73 Å². The number of carbonyl (C=O) groups is 2. The van der Waals surface area contributed by atoms with Crippen LogP contribution in [-0.4, -0.2) is 29.1 Å². The molecule has 2 aliphatic heterocycles. The number of ether oxygens (including phenoxy) is 1. The zero-order chi connectivity index (χ0) is 24.2. The minimum Gasteiger partial charge on any atom is -0.466 e. The van der Waals surface area contributed by atoms with Gasteiger partial charge < -0.3 is 15.0 Å². The van der Waals surface area contributed by atoms with Crippen LogP contribution < -0.4 is 5.32 Å². The van der Waals surface area contributed by atoms with Crippen LogP contribution in [0.2, 0.25) is 0 Å². The Morgan fingerprint density at radius 2 is 1.97 bits per heavy atom. The summed E-state index contributed by atoms with van der Waals surface area (Å²) in [6.07, 6.45) is 0.698. The summed E-state index contributed by atoms with van der Waals surface area (Å²) in [4.78, 5) is 32.4. The molecule has 1 amide bonds. The summed E-state index contributed by atoms with van der Waals surface area (Å²) in [7, 11) is 1.37. The molecule has 2 aromatic rings. The number of halogens is 1. The van der Waals surface area contributed by atoms with E-state index >= 15 is 0 Å². The second-order valence-corrected chi connectivity index (χ2v) is 8.93. The maximum absolute atomic E-state index is 13.1. The molecule has 0 aliphatic carbocycles. The standard InChI is InChI=1S/C26H26FN3O3S/c1-4-21-23(25(32)33-3)24(18-7-5-6-16(2)12-18)30-20(15-34-26(30)29-21)13-22(31)28-14-17-8-10-19(27)11-9-17/h5-12,15,24H,4,13-14H2,1-3H3,(H,28,31)/t24-/m1/s1. The van der Waals surface area contributed by atoms with Crippen LogP contribution in [0.25, 0.3) is 0 Å². The monoisotopic (exact) mass is 479 g/mol. The lowest BCUT2D eigenvalue weighted by Gasteiger charge is -2.36. The Balaban J connectivity index is 1.61. The third-order valence-corrected chi connectivity index (χ3v) is 6.62. The van der Waals surface area contributed by atoms with Crippen molar-refractivity contribution < 1.29 is 18.7 Å². The summed E-state index contributed by atoms with van der Waals surface area (Å²) in [5.74, 6) is -0.920. The van der Waals surface area contributed by atoms with Gasteiger partial charge in [0.1, 0.15) is 5.82 Å². The van der Waals surface area contributed by atoms with Gasteiger partial charge in [-0.05, 0) is 42.0 Å². The van der Waals surface area contributed by atoms with Crippen LogP contribution in [0.4, 0.5) is 4.39 Å². The van der Waals surface area contributed by atoms with Gasteiger partial charge in [0.2, 0.25) is 5.91 Å². The molecule has 0 saturated heterocycles. The maximum atomic E-state index is 13.1. The molecule has 0 fully saturated rings. The first-order valence-corrected chi connectivity index (χ1v) is 11.9. The lowest BCUT2D eigenvalue weighted by molar-refractivity contribution is -0.136. The van der Waals surface area contributed by atoms with Gasteiger partial charge in [0.15, 0.2) is 5.17 Å². The molecule has 2 aromatic carbocycles. The zero-order valence-corrected chi connectivity index (χ0v) is 20.1. The molecule has 176 valence electrons. The molecule has 0 radical (unpaired) electrons. The predicted molar refractivity (Wildman–Crippen MR) is 131 cm³/mol. The number of benzene rings is 2. The number of rotatable bonds is 7. The van der Waals surface area contributed by atoms with Gasteiger partial charge in [-0.15, -0.1) is 0 Å². The fourth-order valence-electron chi connectivity index (χ4n) is 4.10. The molecule has 0 unspecified atom stereocenters. The van der Waals surface area contributed by atoms with Crippen LogP contribution in [0.5, 0.6) is 0 Å². The first kappa shape index (κ1) is 23.8. The van der Waals surface area contributed by atoms with Crippen molar-refractivity contribution >= 4 is 28.8 Å². The van der Waals surface area contributed by atoms with Gasteiger partial charge >= 0.3 is 5.97 Å². The summed E-state index contributed by atoms with van der Waals surface area (Å²) in [5, 5.41) is 5.53. The first-order chi connectivity index (χ1) is 16.4. The normalized spacial score (nSPS) is 17.2. The average Bonchev–Trinajstić information content (AvgIpc) is 3.24. The lowest BCUT2D eigenvalue weighted by Crippen LogP contribution is -2.38. The number of hydrogen-bond acceptors (Lipinski definition) is 6. The Labute approximate surface area is 202 Å². The third-order valence-electron chi connectivity index (χ3n) is 5.73. The fourth-order valence-corrected chi connectivity index (χ4v) is 5.04.